The fraction of sp³-hybridized carbons (Fsp3) is 0.250. The Kier molecular flexibility index (Phi) is 3.73. The molecular formula is C20H21N3O. The molecule has 0 atom stereocenters. The standard InChI is InChI=1S/C20H21N3O/c1-15-3-2-4-17(11-15)22-7-9-23(10-8-22)18-5-6-20-19(12-18)16(14-24)13-21-20/h2-6,11-14,21H,7-10H2,1H3. The summed E-state index contributed by atoms with van der Waals surface area (Å²) < 4.78 is 0. The van der Waals surface area contributed by atoms with Gasteiger partial charge >= 0.3 is 0 Å². The number of aryl methyl sites for hydroxylation is 1. The van der Waals surface area contributed by atoms with Gasteiger partial charge in [-0.05, 0) is 42.8 Å². The van der Waals surface area contributed by atoms with Gasteiger partial charge in [-0.2, -0.15) is 0 Å². The van der Waals surface area contributed by atoms with Gasteiger partial charge < -0.3 is 14.8 Å². The third kappa shape index (κ3) is 2.64. The Labute approximate surface area is 141 Å². The van der Waals surface area contributed by atoms with Crippen LogP contribution in [0.25, 0.3) is 10.9 Å². The molecule has 0 amide bonds. The van der Waals surface area contributed by atoms with Crippen molar-refractivity contribution in [3.05, 3.63) is 59.8 Å². The topological polar surface area (TPSA) is 39.3 Å². The molecule has 1 aromatic heterocycles. The summed E-state index contributed by atoms with van der Waals surface area (Å²) in [6.07, 6.45) is 2.69. The van der Waals surface area contributed by atoms with E-state index in [0.717, 1.165) is 48.9 Å². The first-order chi connectivity index (χ1) is 11.7. The summed E-state index contributed by atoms with van der Waals surface area (Å²) >= 11 is 0. The number of piperazine rings is 1. The molecule has 4 nitrogen and oxygen atoms in total. The fourth-order valence-electron chi connectivity index (χ4n) is 3.47. The second kappa shape index (κ2) is 6.04. The SMILES string of the molecule is Cc1cccc(N2CCN(c3ccc4[nH]cc(C=O)c4c3)CC2)c1. The van der Waals surface area contributed by atoms with E-state index >= 15 is 0 Å². The smallest absolute Gasteiger partial charge is 0.152 e. The van der Waals surface area contributed by atoms with Crippen molar-refractivity contribution in [2.24, 2.45) is 0 Å². The van der Waals surface area contributed by atoms with Crippen molar-refractivity contribution in [2.75, 3.05) is 36.0 Å². The molecule has 1 aliphatic heterocycles. The highest BCUT2D eigenvalue weighted by atomic mass is 16.1. The van der Waals surface area contributed by atoms with Crippen LogP contribution in [0.3, 0.4) is 0 Å². The second-order valence-corrected chi connectivity index (χ2v) is 6.40. The van der Waals surface area contributed by atoms with Crippen molar-refractivity contribution < 1.29 is 4.79 Å². The van der Waals surface area contributed by atoms with Crippen LogP contribution in [-0.4, -0.2) is 37.4 Å². The molecule has 1 saturated heterocycles. The monoisotopic (exact) mass is 319 g/mol. The van der Waals surface area contributed by atoms with Gasteiger partial charge in [0.05, 0.1) is 0 Å². The number of aromatic amines is 1. The molecule has 2 aromatic carbocycles. The van der Waals surface area contributed by atoms with Crippen molar-refractivity contribution in [1.82, 2.24) is 4.98 Å². The van der Waals surface area contributed by atoms with Crippen molar-refractivity contribution in [3.8, 4) is 0 Å². The van der Waals surface area contributed by atoms with Gasteiger partial charge in [0.25, 0.3) is 0 Å². The molecule has 4 rings (SSSR count). The molecular weight excluding hydrogens is 298 g/mol. The highest BCUT2D eigenvalue weighted by Crippen LogP contribution is 2.26. The van der Waals surface area contributed by atoms with Crippen LogP contribution in [0.1, 0.15) is 15.9 Å². The average molecular weight is 319 g/mol. The number of benzene rings is 2. The summed E-state index contributed by atoms with van der Waals surface area (Å²) in [4.78, 5) is 19.1. The third-order valence-corrected chi connectivity index (χ3v) is 4.84. The number of carbonyl (C=O) groups is 1. The number of anilines is 2. The molecule has 0 saturated carbocycles. The molecule has 1 aliphatic rings. The van der Waals surface area contributed by atoms with Crippen LogP contribution in [0.2, 0.25) is 0 Å². The van der Waals surface area contributed by atoms with E-state index < -0.39 is 0 Å². The van der Waals surface area contributed by atoms with E-state index in [1.165, 1.54) is 16.9 Å². The fourth-order valence-corrected chi connectivity index (χ4v) is 3.47. The number of H-pyrrole nitrogens is 1. The predicted molar refractivity (Wildman–Crippen MR) is 99.3 cm³/mol. The first kappa shape index (κ1) is 14.8. The highest BCUT2D eigenvalue weighted by Gasteiger charge is 2.18. The quantitative estimate of drug-likeness (QED) is 0.750. The van der Waals surface area contributed by atoms with Crippen molar-refractivity contribution in [1.29, 1.82) is 0 Å². The van der Waals surface area contributed by atoms with Crippen LogP contribution < -0.4 is 9.80 Å². The lowest BCUT2D eigenvalue weighted by atomic mass is 10.1. The molecule has 0 spiro atoms. The third-order valence-electron chi connectivity index (χ3n) is 4.84. The molecule has 24 heavy (non-hydrogen) atoms. The Morgan fingerprint density at radius 2 is 1.67 bits per heavy atom. The molecule has 4 heteroatoms. The number of rotatable bonds is 3. The number of aromatic nitrogens is 1. The molecule has 0 aliphatic carbocycles. The van der Waals surface area contributed by atoms with Gasteiger partial charge in [0.1, 0.15) is 0 Å². The van der Waals surface area contributed by atoms with E-state index in [9.17, 15) is 4.79 Å². The maximum atomic E-state index is 11.2. The van der Waals surface area contributed by atoms with Gasteiger partial charge in [-0.1, -0.05) is 12.1 Å². The highest BCUT2D eigenvalue weighted by molar-refractivity contribution is 5.98. The van der Waals surface area contributed by atoms with Crippen LogP contribution in [0.15, 0.2) is 48.7 Å². The Hall–Kier alpha value is -2.75. The van der Waals surface area contributed by atoms with Gasteiger partial charge in [-0.25, -0.2) is 0 Å². The molecule has 0 bridgehead atoms. The van der Waals surface area contributed by atoms with E-state index in [-0.39, 0.29) is 0 Å². The maximum absolute atomic E-state index is 11.2. The Balaban J connectivity index is 1.52. The van der Waals surface area contributed by atoms with Crippen LogP contribution in [-0.2, 0) is 0 Å². The van der Waals surface area contributed by atoms with Crippen molar-refractivity contribution >= 4 is 28.6 Å². The largest absolute Gasteiger partial charge is 0.368 e. The van der Waals surface area contributed by atoms with Gasteiger partial charge in [-0.15, -0.1) is 0 Å². The number of hydrogen-bond acceptors (Lipinski definition) is 3. The summed E-state index contributed by atoms with van der Waals surface area (Å²) in [5, 5.41) is 1.00. The van der Waals surface area contributed by atoms with E-state index in [1.54, 1.807) is 6.20 Å². The van der Waals surface area contributed by atoms with Crippen molar-refractivity contribution in [3.63, 3.8) is 0 Å². The number of nitrogens with zero attached hydrogens (tertiary/aromatic N) is 2. The number of carbonyl (C=O) groups excluding carboxylic acids is 1. The van der Waals surface area contributed by atoms with Gasteiger partial charge in [0.15, 0.2) is 6.29 Å². The van der Waals surface area contributed by atoms with Crippen LogP contribution >= 0.6 is 0 Å². The molecule has 1 fully saturated rings. The Morgan fingerprint density at radius 3 is 2.33 bits per heavy atom. The summed E-state index contributed by atoms with van der Waals surface area (Å²) in [6.45, 7) is 6.13. The lowest BCUT2D eigenvalue weighted by molar-refractivity contribution is 0.112. The molecule has 3 aromatic rings. The molecule has 2 heterocycles. The summed E-state index contributed by atoms with van der Waals surface area (Å²) in [5.74, 6) is 0. The zero-order chi connectivity index (χ0) is 16.5. The van der Waals surface area contributed by atoms with E-state index in [1.807, 2.05) is 0 Å². The Bertz CT molecular complexity index is 875. The first-order valence-electron chi connectivity index (χ1n) is 8.37. The number of aldehydes is 1. The van der Waals surface area contributed by atoms with Gasteiger partial charge in [0.2, 0.25) is 0 Å². The van der Waals surface area contributed by atoms with Crippen molar-refractivity contribution in [2.45, 2.75) is 6.92 Å². The molecule has 1 N–H and O–H groups in total. The Morgan fingerprint density at radius 1 is 0.958 bits per heavy atom. The predicted octanol–water partition coefficient (Wildman–Crippen LogP) is 3.62. The van der Waals surface area contributed by atoms with Crippen LogP contribution in [0.4, 0.5) is 11.4 Å². The number of nitrogens with one attached hydrogen (secondary N) is 1. The minimum absolute atomic E-state index is 0.727. The molecule has 122 valence electrons. The minimum Gasteiger partial charge on any atom is -0.368 e. The van der Waals surface area contributed by atoms with Crippen LogP contribution in [0, 0.1) is 6.92 Å². The van der Waals surface area contributed by atoms with E-state index in [2.05, 4.69) is 64.2 Å². The zero-order valence-corrected chi connectivity index (χ0v) is 13.8. The number of hydrogen-bond donors (Lipinski definition) is 1. The lowest BCUT2D eigenvalue weighted by Crippen LogP contribution is -2.46. The van der Waals surface area contributed by atoms with E-state index in [0.29, 0.717) is 0 Å². The minimum atomic E-state index is 0.727. The molecule has 0 radical (unpaired) electrons. The first-order valence-corrected chi connectivity index (χ1v) is 8.37. The van der Waals surface area contributed by atoms with E-state index in [4.69, 9.17) is 0 Å². The van der Waals surface area contributed by atoms with Gasteiger partial charge in [-0.3, -0.25) is 4.79 Å². The summed E-state index contributed by atoms with van der Waals surface area (Å²) in [5.41, 5.74) is 5.53. The summed E-state index contributed by atoms with van der Waals surface area (Å²) in [7, 11) is 0. The van der Waals surface area contributed by atoms with Gasteiger partial charge in [0, 0.05) is 60.2 Å². The number of fused-ring (bicyclic) bond motifs is 1. The second-order valence-electron chi connectivity index (χ2n) is 6.40. The zero-order valence-electron chi connectivity index (χ0n) is 13.8. The summed E-state index contributed by atoms with van der Waals surface area (Å²) in [6, 6.07) is 15.0. The maximum Gasteiger partial charge on any atom is 0.152 e. The normalized spacial score (nSPS) is 15.0. The molecule has 0 unspecified atom stereocenters. The lowest BCUT2D eigenvalue weighted by Gasteiger charge is -2.37. The van der Waals surface area contributed by atoms with Crippen LogP contribution in [0.5, 0.6) is 0 Å². The average Bonchev–Trinajstić information content (AvgIpc) is 3.04.